The molecule has 2 atom stereocenters. The van der Waals surface area contributed by atoms with Gasteiger partial charge in [0, 0.05) is 5.57 Å². The van der Waals surface area contributed by atoms with Gasteiger partial charge in [-0.2, -0.15) is 13.2 Å². The van der Waals surface area contributed by atoms with E-state index in [-0.39, 0.29) is 18.7 Å². The topological polar surface area (TPSA) is 38.3 Å². The summed E-state index contributed by atoms with van der Waals surface area (Å²) >= 11 is 0. The third-order valence-electron chi connectivity index (χ3n) is 6.30. The van der Waals surface area contributed by atoms with E-state index in [9.17, 15) is 18.0 Å². The van der Waals surface area contributed by atoms with Crippen LogP contribution in [0.25, 0.3) is 11.6 Å². The molecule has 0 saturated heterocycles. The molecule has 0 heterocycles. The highest BCUT2D eigenvalue weighted by Crippen LogP contribution is 2.40. The minimum absolute atomic E-state index is 0.00269. The summed E-state index contributed by atoms with van der Waals surface area (Å²) in [6.07, 6.45) is 9.74. The van der Waals surface area contributed by atoms with E-state index < -0.39 is 18.1 Å². The maximum atomic E-state index is 13.1. The van der Waals surface area contributed by atoms with Gasteiger partial charge >= 0.3 is 6.18 Å². The lowest BCUT2D eigenvalue weighted by Gasteiger charge is -2.25. The van der Waals surface area contributed by atoms with Crippen molar-refractivity contribution in [2.75, 3.05) is 0 Å². The van der Waals surface area contributed by atoms with E-state index in [0.717, 1.165) is 41.5 Å². The maximum Gasteiger partial charge on any atom is 0.392 e. The van der Waals surface area contributed by atoms with Crippen molar-refractivity contribution in [2.45, 2.75) is 92.3 Å². The van der Waals surface area contributed by atoms with Crippen molar-refractivity contribution in [3.05, 3.63) is 83.4 Å². The van der Waals surface area contributed by atoms with Crippen LogP contribution in [0, 0.1) is 12.8 Å². The van der Waals surface area contributed by atoms with Crippen LogP contribution in [-0.2, 0) is 9.53 Å². The highest BCUT2D eigenvalue weighted by atomic mass is 19.4. The molecule has 6 heteroatoms. The zero-order chi connectivity index (χ0) is 28.7. The van der Waals surface area contributed by atoms with E-state index in [1.165, 1.54) is 0 Å². The van der Waals surface area contributed by atoms with E-state index in [1.54, 1.807) is 18.4 Å². The molecule has 3 nitrogen and oxygen atoms in total. The second-order valence-corrected chi connectivity index (χ2v) is 9.11. The lowest BCUT2D eigenvalue weighted by Crippen LogP contribution is -2.34. The molecule has 0 spiro atoms. The Morgan fingerprint density at radius 3 is 2.53 bits per heavy atom. The summed E-state index contributed by atoms with van der Waals surface area (Å²) < 4.78 is 44.7. The molecule has 1 aliphatic rings. The molecule has 0 radical (unpaired) electrons. The molecule has 0 bridgehead atoms. The fraction of sp³-hybridized carbons (Fsp3) is 0.469. The number of hydrogen-bond acceptors (Lipinski definition) is 2. The first-order chi connectivity index (χ1) is 18.1. The molecule has 1 amide bonds. The zero-order valence-corrected chi connectivity index (χ0v) is 23.8. The molecule has 1 N–H and O–H groups in total. The number of hydrogen-bond donors (Lipinski definition) is 1. The van der Waals surface area contributed by atoms with Crippen LogP contribution in [0.15, 0.2) is 66.7 Å². The van der Waals surface area contributed by atoms with E-state index in [4.69, 9.17) is 4.74 Å². The molecule has 210 valence electrons. The van der Waals surface area contributed by atoms with Crippen LogP contribution >= 0.6 is 0 Å². The Kier molecular flexibility index (Phi) is 14.5. The summed E-state index contributed by atoms with van der Waals surface area (Å²) in [6, 6.07) is 5.33. The van der Waals surface area contributed by atoms with Gasteiger partial charge in [-0.25, -0.2) is 0 Å². The van der Waals surface area contributed by atoms with Gasteiger partial charge in [0.15, 0.2) is 0 Å². The lowest BCUT2D eigenvalue weighted by molar-refractivity contribution is -0.175. The number of benzene rings is 1. The fourth-order valence-electron chi connectivity index (χ4n) is 3.97. The molecular weight excluding hydrogens is 487 g/mol. The molecule has 0 aromatic heterocycles. The third-order valence-corrected chi connectivity index (χ3v) is 6.30. The molecule has 2 rings (SSSR count). The van der Waals surface area contributed by atoms with Crippen molar-refractivity contribution in [1.29, 1.82) is 0 Å². The van der Waals surface area contributed by atoms with Gasteiger partial charge in [-0.3, -0.25) is 4.79 Å². The number of halogens is 3. The van der Waals surface area contributed by atoms with Crippen LogP contribution < -0.4 is 5.32 Å². The van der Waals surface area contributed by atoms with Crippen LogP contribution in [0.2, 0.25) is 0 Å². The van der Waals surface area contributed by atoms with Gasteiger partial charge in [0.1, 0.15) is 5.76 Å². The van der Waals surface area contributed by atoms with E-state index in [1.807, 2.05) is 71.0 Å². The number of rotatable bonds is 11. The van der Waals surface area contributed by atoms with E-state index in [2.05, 4.69) is 18.8 Å². The van der Waals surface area contributed by atoms with Crippen molar-refractivity contribution >= 4 is 17.6 Å². The Morgan fingerprint density at radius 2 is 1.95 bits per heavy atom. The van der Waals surface area contributed by atoms with Crippen LogP contribution in [0.4, 0.5) is 13.2 Å². The van der Waals surface area contributed by atoms with Crippen LogP contribution in [0.3, 0.4) is 0 Å². The second kappa shape index (κ2) is 16.7. The molecule has 0 fully saturated rings. The molecule has 38 heavy (non-hydrogen) atoms. The first-order valence-electron chi connectivity index (χ1n) is 13.6. The summed E-state index contributed by atoms with van der Waals surface area (Å²) in [5.41, 5.74) is 4.12. The highest BCUT2D eigenvalue weighted by molar-refractivity contribution is 6.01. The highest BCUT2D eigenvalue weighted by Gasteiger charge is 2.39. The van der Waals surface area contributed by atoms with Gasteiger partial charge < -0.3 is 10.1 Å². The number of amides is 1. The van der Waals surface area contributed by atoms with Crippen LogP contribution in [-0.4, -0.2) is 18.1 Å². The first-order valence-corrected chi connectivity index (χ1v) is 13.6. The number of unbranched alkanes of at least 4 members (excludes halogenated alkanes) is 1. The van der Waals surface area contributed by atoms with Gasteiger partial charge in [0.2, 0.25) is 0 Å². The fourth-order valence-corrected chi connectivity index (χ4v) is 3.97. The predicted octanol–water partition coefficient (Wildman–Crippen LogP) is 9.47. The Bertz CT molecular complexity index is 1030. The second-order valence-electron chi connectivity index (χ2n) is 9.11. The number of carbonyl (C=O) groups excluding carboxylic acids is 1. The Morgan fingerprint density at radius 1 is 1.24 bits per heavy atom. The third kappa shape index (κ3) is 10.4. The minimum Gasteiger partial charge on any atom is -0.468 e. The lowest BCUT2D eigenvalue weighted by atomic mass is 9.84. The minimum atomic E-state index is -4.16. The first kappa shape index (κ1) is 33.0. The number of nitrogens with one attached hydrogen (secondary N) is 1. The normalized spacial score (nSPS) is 17.0. The van der Waals surface area contributed by atoms with Crippen molar-refractivity contribution in [2.24, 2.45) is 5.92 Å². The molecule has 2 unspecified atom stereocenters. The average molecular weight is 532 g/mol. The van der Waals surface area contributed by atoms with Crippen molar-refractivity contribution < 1.29 is 22.7 Å². The van der Waals surface area contributed by atoms with Crippen molar-refractivity contribution in [3.8, 4) is 0 Å². The quantitative estimate of drug-likeness (QED) is 0.175. The Balaban J connectivity index is 0.00000352. The molecule has 1 aromatic carbocycles. The number of alkyl halides is 3. The van der Waals surface area contributed by atoms with E-state index >= 15 is 0 Å². The molecule has 1 aliphatic carbocycles. The number of ether oxygens (including phenoxy) is 1. The molecular formula is C32H44F3NO2. The number of allylic oxidation sites excluding steroid dienone is 4. The summed E-state index contributed by atoms with van der Waals surface area (Å²) in [5.74, 6) is -1.10. The zero-order valence-electron chi connectivity index (χ0n) is 23.8. The van der Waals surface area contributed by atoms with Crippen molar-refractivity contribution in [1.82, 2.24) is 5.32 Å². The summed E-state index contributed by atoms with van der Waals surface area (Å²) in [5, 5.41) is 2.93. The van der Waals surface area contributed by atoms with Gasteiger partial charge in [-0.1, -0.05) is 77.1 Å². The van der Waals surface area contributed by atoms with Gasteiger partial charge in [-0.15, -0.1) is 0 Å². The summed E-state index contributed by atoms with van der Waals surface area (Å²) in [4.78, 5) is 13.1. The monoisotopic (exact) mass is 531 g/mol. The standard InChI is InChI=1S/C30H38F3NO2.C2H6/c1-6-8-10-19-36-23(5)22(4)34-29(35)26(12-9-7-2)20-25-13-11-14-28(21(25)3)24-15-17-27(18-16-24)30(31,32)33;1-2/h9-15,19-20,22,27H,5-8,16-18H2,1-4H3,(H,34,35);1-2H3/b12-9+,19-10-,26-20+;. The molecule has 1 aromatic rings. The van der Waals surface area contributed by atoms with Gasteiger partial charge in [0.05, 0.1) is 18.2 Å². The Labute approximate surface area is 227 Å². The average Bonchev–Trinajstić information content (AvgIpc) is 2.90. The summed E-state index contributed by atoms with van der Waals surface area (Å²) in [6.45, 7) is 15.7. The largest absolute Gasteiger partial charge is 0.468 e. The smallest absolute Gasteiger partial charge is 0.392 e. The Hall–Kier alpha value is -3.02. The van der Waals surface area contributed by atoms with Gasteiger partial charge in [-0.05, 0) is 80.4 Å². The maximum absolute atomic E-state index is 13.1. The predicted molar refractivity (Wildman–Crippen MR) is 153 cm³/mol. The molecule has 0 aliphatic heterocycles. The van der Waals surface area contributed by atoms with Crippen molar-refractivity contribution in [3.63, 3.8) is 0 Å². The molecule has 0 saturated carbocycles. The van der Waals surface area contributed by atoms with Crippen LogP contribution in [0.1, 0.15) is 89.8 Å². The number of carbonyl (C=O) groups is 1. The van der Waals surface area contributed by atoms with Crippen LogP contribution in [0.5, 0.6) is 0 Å². The van der Waals surface area contributed by atoms with E-state index in [0.29, 0.717) is 17.8 Å². The van der Waals surface area contributed by atoms with Gasteiger partial charge in [0.25, 0.3) is 5.91 Å². The SMILES string of the molecule is C=C(O/C=C\CCC)C(C)NC(=O)C(/C=C/CC)=C/c1cccc(C2=CCC(C(F)(F)F)CC2)c1C.CC. The summed E-state index contributed by atoms with van der Waals surface area (Å²) in [7, 11) is 0.